The van der Waals surface area contributed by atoms with E-state index in [-0.39, 0.29) is 24.3 Å². The highest BCUT2D eigenvalue weighted by Crippen LogP contribution is 2.20. The molecule has 7 heteroatoms. The normalized spacial score (nSPS) is 10.1. The molecule has 0 saturated carbocycles. The molecule has 0 atom stereocenters. The number of nitrogens with one attached hydrogen (secondary N) is 4. The van der Waals surface area contributed by atoms with Gasteiger partial charge >= 0.3 is 0 Å². The number of hydrogen-bond acceptors (Lipinski definition) is 4. The van der Waals surface area contributed by atoms with Crippen LogP contribution in [-0.4, -0.2) is 24.3 Å². The van der Waals surface area contributed by atoms with Gasteiger partial charge in [0.2, 0.25) is 17.7 Å². The third-order valence-corrected chi connectivity index (χ3v) is 4.04. The van der Waals surface area contributed by atoms with Crippen LogP contribution in [0, 0.1) is 6.92 Å². The van der Waals surface area contributed by atoms with Gasteiger partial charge in [-0.15, -0.1) is 0 Å². The maximum Gasteiger partial charge on any atom is 0.243 e. The smallest absolute Gasteiger partial charge is 0.243 e. The number of rotatable bonds is 8. The maximum absolute atomic E-state index is 12.2. The zero-order valence-electron chi connectivity index (χ0n) is 16.4. The summed E-state index contributed by atoms with van der Waals surface area (Å²) in [7, 11) is 0. The van der Waals surface area contributed by atoms with Crippen molar-refractivity contribution < 1.29 is 14.4 Å². The van der Waals surface area contributed by atoms with E-state index in [0.29, 0.717) is 24.2 Å². The summed E-state index contributed by atoms with van der Waals surface area (Å²) in [5, 5.41) is 11.4. The molecule has 0 bridgehead atoms. The highest BCUT2D eigenvalue weighted by molar-refractivity contribution is 5.96. The first-order chi connectivity index (χ1) is 13.4. The van der Waals surface area contributed by atoms with Crippen molar-refractivity contribution in [2.45, 2.75) is 33.6 Å². The quantitative estimate of drug-likeness (QED) is 0.559. The average Bonchev–Trinajstić information content (AvgIpc) is 2.68. The first-order valence-electron chi connectivity index (χ1n) is 9.25. The molecule has 2 aromatic carbocycles. The number of hydrogen-bond donors (Lipinski definition) is 4. The fourth-order valence-corrected chi connectivity index (χ4v) is 2.42. The summed E-state index contributed by atoms with van der Waals surface area (Å²) in [6.07, 6.45) is 0.787. The molecule has 0 aliphatic carbocycles. The molecule has 2 rings (SSSR count). The number of anilines is 4. The third-order valence-electron chi connectivity index (χ3n) is 4.04. The van der Waals surface area contributed by atoms with Crippen molar-refractivity contribution in [3.63, 3.8) is 0 Å². The van der Waals surface area contributed by atoms with E-state index in [2.05, 4.69) is 21.3 Å². The molecule has 0 aliphatic rings. The topological polar surface area (TPSA) is 99.3 Å². The number of aryl methyl sites for hydroxylation is 1. The van der Waals surface area contributed by atoms with Crippen molar-refractivity contribution in [2.24, 2.45) is 0 Å². The van der Waals surface area contributed by atoms with Gasteiger partial charge in [-0.3, -0.25) is 14.4 Å². The van der Waals surface area contributed by atoms with Gasteiger partial charge in [0.05, 0.1) is 6.54 Å². The molecule has 0 radical (unpaired) electrons. The Morgan fingerprint density at radius 2 is 1.36 bits per heavy atom. The lowest BCUT2D eigenvalue weighted by atomic mass is 10.1. The van der Waals surface area contributed by atoms with Crippen molar-refractivity contribution in [2.75, 3.05) is 27.8 Å². The summed E-state index contributed by atoms with van der Waals surface area (Å²) in [4.78, 5) is 35.3. The molecule has 148 valence electrons. The van der Waals surface area contributed by atoms with Crippen molar-refractivity contribution in [1.29, 1.82) is 0 Å². The summed E-state index contributed by atoms with van der Waals surface area (Å²) in [5.41, 5.74) is 3.63. The predicted molar refractivity (Wildman–Crippen MR) is 113 cm³/mol. The number of carbonyl (C=O) groups is 3. The fraction of sp³-hybridized carbons (Fsp3) is 0.286. The van der Waals surface area contributed by atoms with E-state index in [9.17, 15) is 14.4 Å². The van der Waals surface area contributed by atoms with Crippen LogP contribution in [-0.2, 0) is 14.4 Å². The minimum absolute atomic E-state index is 0.0620. The van der Waals surface area contributed by atoms with Crippen LogP contribution >= 0.6 is 0 Å². The Kier molecular flexibility index (Phi) is 7.56. The highest BCUT2D eigenvalue weighted by atomic mass is 16.2. The van der Waals surface area contributed by atoms with E-state index in [1.807, 2.05) is 19.1 Å². The van der Waals surface area contributed by atoms with Gasteiger partial charge < -0.3 is 21.3 Å². The molecule has 4 N–H and O–H groups in total. The van der Waals surface area contributed by atoms with Crippen molar-refractivity contribution in [3.8, 4) is 0 Å². The molecule has 0 unspecified atom stereocenters. The molecule has 7 nitrogen and oxygen atoms in total. The summed E-state index contributed by atoms with van der Waals surface area (Å²) >= 11 is 0. The van der Waals surface area contributed by atoms with Crippen LogP contribution in [0.1, 0.15) is 32.3 Å². The van der Waals surface area contributed by atoms with E-state index in [1.54, 1.807) is 44.2 Å². The van der Waals surface area contributed by atoms with E-state index < -0.39 is 0 Å². The zero-order valence-corrected chi connectivity index (χ0v) is 16.4. The molecule has 0 fully saturated rings. The first-order valence-corrected chi connectivity index (χ1v) is 9.25. The van der Waals surface area contributed by atoms with Crippen molar-refractivity contribution in [1.82, 2.24) is 0 Å². The highest BCUT2D eigenvalue weighted by Gasteiger charge is 2.07. The standard InChI is InChI=1S/C21H26N4O3/c1-4-19(26)23-16-7-6-8-17(11-16)24-21(28)13-22-15-10-9-14(3)18(12-15)25-20(27)5-2/h6-12,22H,4-5,13H2,1-3H3,(H,23,26)(H,24,28)(H,25,27). The van der Waals surface area contributed by atoms with Gasteiger partial charge in [-0.1, -0.05) is 26.0 Å². The van der Waals surface area contributed by atoms with Gasteiger partial charge in [0.25, 0.3) is 0 Å². The lowest BCUT2D eigenvalue weighted by Gasteiger charge is -2.12. The monoisotopic (exact) mass is 382 g/mol. The van der Waals surface area contributed by atoms with Crippen LogP contribution in [0.25, 0.3) is 0 Å². The molecule has 0 aromatic heterocycles. The summed E-state index contributed by atoms with van der Waals surface area (Å²) in [6.45, 7) is 5.54. The molecule has 0 saturated heterocycles. The van der Waals surface area contributed by atoms with Gasteiger partial charge in [-0.05, 0) is 42.8 Å². The Hall–Kier alpha value is -3.35. The average molecular weight is 382 g/mol. The van der Waals surface area contributed by atoms with Crippen LogP contribution in [0.4, 0.5) is 22.7 Å². The lowest BCUT2D eigenvalue weighted by molar-refractivity contribution is -0.116. The van der Waals surface area contributed by atoms with E-state index >= 15 is 0 Å². The van der Waals surface area contributed by atoms with E-state index in [0.717, 1.165) is 16.9 Å². The molecular weight excluding hydrogens is 356 g/mol. The van der Waals surface area contributed by atoms with Crippen LogP contribution in [0.2, 0.25) is 0 Å². The van der Waals surface area contributed by atoms with Gasteiger partial charge in [0.15, 0.2) is 0 Å². The molecule has 2 aromatic rings. The Labute approximate surface area is 164 Å². The number of amides is 3. The Balaban J connectivity index is 1.94. The predicted octanol–water partition coefficient (Wildman–Crippen LogP) is 3.74. The summed E-state index contributed by atoms with van der Waals surface area (Å²) in [5.74, 6) is -0.373. The molecular formula is C21H26N4O3. The van der Waals surface area contributed by atoms with Gasteiger partial charge in [0.1, 0.15) is 0 Å². The fourth-order valence-electron chi connectivity index (χ4n) is 2.42. The molecule has 28 heavy (non-hydrogen) atoms. The molecule has 0 aliphatic heterocycles. The second-order valence-electron chi connectivity index (χ2n) is 6.32. The van der Waals surface area contributed by atoms with Crippen LogP contribution in [0.5, 0.6) is 0 Å². The SMILES string of the molecule is CCC(=O)Nc1cccc(NC(=O)CNc2ccc(C)c(NC(=O)CC)c2)c1. The maximum atomic E-state index is 12.2. The van der Waals surface area contributed by atoms with Gasteiger partial charge in [-0.2, -0.15) is 0 Å². The number of benzene rings is 2. The largest absolute Gasteiger partial charge is 0.376 e. The lowest BCUT2D eigenvalue weighted by Crippen LogP contribution is -2.22. The first kappa shape index (κ1) is 21.0. The molecule has 0 heterocycles. The summed E-state index contributed by atoms with van der Waals surface area (Å²) in [6, 6.07) is 12.5. The Morgan fingerprint density at radius 3 is 2.00 bits per heavy atom. The second-order valence-corrected chi connectivity index (χ2v) is 6.32. The molecule has 3 amide bonds. The van der Waals surface area contributed by atoms with Gasteiger partial charge in [-0.25, -0.2) is 0 Å². The number of carbonyl (C=O) groups excluding carboxylic acids is 3. The Morgan fingerprint density at radius 1 is 0.750 bits per heavy atom. The summed E-state index contributed by atoms with van der Waals surface area (Å²) < 4.78 is 0. The van der Waals surface area contributed by atoms with Crippen LogP contribution in [0.15, 0.2) is 42.5 Å². The second kappa shape index (κ2) is 10.1. The van der Waals surface area contributed by atoms with E-state index in [1.165, 1.54) is 0 Å². The van der Waals surface area contributed by atoms with Crippen LogP contribution < -0.4 is 21.3 Å². The van der Waals surface area contributed by atoms with E-state index in [4.69, 9.17) is 0 Å². The molecule has 0 spiro atoms. The Bertz CT molecular complexity index is 864. The van der Waals surface area contributed by atoms with Crippen molar-refractivity contribution >= 4 is 40.5 Å². The van der Waals surface area contributed by atoms with Crippen LogP contribution in [0.3, 0.4) is 0 Å². The van der Waals surface area contributed by atoms with Crippen molar-refractivity contribution in [3.05, 3.63) is 48.0 Å². The zero-order chi connectivity index (χ0) is 20.5. The minimum Gasteiger partial charge on any atom is -0.376 e. The third kappa shape index (κ3) is 6.42. The minimum atomic E-state index is -0.223. The van der Waals surface area contributed by atoms with Gasteiger partial charge in [0, 0.05) is 35.6 Å².